The van der Waals surface area contributed by atoms with E-state index in [1.807, 2.05) is 7.05 Å². The third-order valence-electron chi connectivity index (χ3n) is 3.10. The van der Waals surface area contributed by atoms with Crippen LogP contribution in [0.3, 0.4) is 0 Å². The van der Waals surface area contributed by atoms with Crippen molar-refractivity contribution in [1.82, 2.24) is 15.1 Å². The summed E-state index contributed by atoms with van der Waals surface area (Å²) in [7, 11) is 1.83. The Bertz CT molecular complexity index is 560. The van der Waals surface area contributed by atoms with Gasteiger partial charge in [-0.25, -0.2) is 4.39 Å². The van der Waals surface area contributed by atoms with Crippen LogP contribution in [0.15, 0.2) is 28.9 Å². The van der Waals surface area contributed by atoms with E-state index in [-0.39, 0.29) is 11.9 Å². The molecule has 1 N–H and O–H groups in total. The van der Waals surface area contributed by atoms with Crippen LogP contribution in [0.2, 0.25) is 5.02 Å². The molecule has 0 radical (unpaired) electrons. The van der Waals surface area contributed by atoms with Gasteiger partial charge in [-0.1, -0.05) is 24.6 Å². The second kappa shape index (κ2) is 6.70. The van der Waals surface area contributed by atoms with Crippen molar-refractivity contribution in [3.63, 3.8) is 0 Å². The molecule has 0 saturated carbocycles. The summed E-state index contributed by atoms with van der Waals surface area (Å²) < 4.78 is 16.8. The van der Waals surface area contributed by atoms with Crippen molar-refractivity contribution in [3.8, 4) is 0 Å². The van der Waals surface area contributed by atoms with Gasteiger partial charge < -0.3 is 5.32 Å². The van der Waals surface area contributed by atoms with Gasteiger partial charge in [0, 0.05) is 17.6 Å². The molecule has 3 nitrogen and oxygen atoms in total. The van der Waals surface area contributed by atoms with Gasteiger partial charge in [0.2, 0.25) is 0 Å². The Hall–Kier alpha value is -0.910. The number of hydrogen-bond acceptors (Lipinski definition) is 2. The molecule has 0 spiro atoms. The largest absolute Gasteiger partial charge is 0.305 e. The van der Waals surface area contributed by atoms with Crippen molar-refractivity contribution in [1.29, 1.82) is 0 Å². The summed E-state index contributed by atoms with van der Waals surface area (Å²) in [6, 6.07) is 4.39. The summed E-state index contributed by atoms with van der Waals surface area (Å²) in [5.74, 6) is -0.320. The second-order valence-corrected chi connectivity index (χ2v) is 5.79. The van der Waals surface area contributed by atoms with Gasteiger partial charge in [0.15, 0.2) is 0 Å². The monoisotopic (exact) mass is 359 g/mol. The molecule has 0 aliphatic heterocycles. The maximum atomic E-state index is 14.2. The molecule has 20 heavy (non-hydrogen) atoms. The lowest BCUT2D eigenvalue weighted by Crippen LogP contribution is -2.26. The van der Waals surface area contributed by atoms with E-state index >= 15 is 0 Å². The third-order valence-corrected chi connectivity index (χ3v) is 4.04. The summed E-state index contributed by atoms with van der Waals surface area (Å²) >= 11 is 9.67. The highest BCUT2D eigenvalue weighted by atomic mass is 79.9. The van der Waals surface area contributed by atoms with Crippen molar-refractivity contribution in [2.45, 2.75) is 19.4 Å². The van der Waals surface area contributed by atoms with E-state index in [0.29, 0.717) is 10.6 Å². The molecule has 0 fully saturated rings. The molecular weight excluding hydrogens is 345 g/mol. The molecule has 1 unspecified atom stereocenters. The van der Waals surface area contributed by atoms with Gasteiger partial charge in [-0.05, 0) is 41.0 Å². The van der Waals surface area contributed by atoms with Crippen LogP contribution in [0.25, 0.3) is 0 Å². The Kier molecular flexibility index (Phi) is 5.18. The fourth-order valence-corrected chi connectivity index (χ4v) is 3.00. The summed E-state index contributed by atoms with van der Waals surface area (Å²) in [4.78, 5) is 0. The molecule has 1 aromatic heterocycles. The predicted octanol–water partition coefficient (Wildman–Crippen LogP) is 4.06. The Morgan fingerprint density at radius 1 is 1.50 bits per heavy atom. The molecule has 2 rings (SSSR count). The van der Waals surface area contributed by atoms with Crippen LogP contribution in [0.5, 0.6) is 0 Å². The van der Waals surface area contributed by atoms with Crippen LogP contribution in [0.1, 0.15) is 30.6 Å². The molecule has 1 atom stereocenters. The van der Waals surface area contributed by atoms with Crippen molar-refractivity contribution >= 4 is 27.5 Å². The average molecular weight is 361 g/mol. The third kappa shape index (κ3) is 3.05. The van der Waals surface area contributed by atoms with E-state index in [0.717, 1.165) is 23.1 Å². The van der Waals surface area contributed by atoms with Crippen LogP contribution < -0.4 is 5.32 Å². The Morgan fingerprint density at radius 3 is 2.80 bits per heavy atom. The van der Waals surface area contributed by atoms with E-state index in [4.69, 9.17) is 11.6 Å². The first kappa shape index (κ1) is 15.5. The Balaban J connectivity index is 2.53. The first-order valence-corrected chi connectivity index (χ1v) is 7.58. The maximum absolute atomic E-state index is 14.2. The maximum Gasteiger partial charge on any atom is 0.129 e. The van der Waals surface area contributed by atoms with Gasteiger partial charge in [-0.2, -0.15) is 5.10 Å². The smallest absolute Gasteiger partial charge is 0.129 e. The highest BCUT2D eigenvalue weighted by molar-refractivity contribution is 9.10. The first-order valence-electron chi connectivity index (χ1n) is 6.41. The van der Waals surface area contributed by atoms with Crippen LogP contribution in [-0.2, 0) is 7.05 Å². The van der Waals surface area contributed by atoms with E-state index in [2.05, 4.69) is 33.3 Å². The minimum Gasteiger partial charge on any atom is -0.305 e. The molecule has 0 saturated heterocycles. The summed E-state index contributed by atoms with van der Waals surface area (Å²) in [5.41, 5.74) is 1.30. The standard InChI is InChI=1S/C14H16BrClFN3/c1-3-7-18-13(14-9(15)8-19-20(14)2)12-10(16)5-4-6-11(12)17/h4-6,8,13,18H,3,7H2,1-2H3. The minimum absolute atomic E-state index is 0.320. The van der Waals surface area contributed by atoms with Gasteiger partial charge in [0.1, 0.15) is 5.82 Å². The molecule has 1 aromatic carbocycles. The molecule has 0 amide bonds. The van der Waals surface area contributed by atoms with E-state index < -0.39 is 0 Å². The summed E-state index contributed by atoms with van der Waals surface area (Å²) in [5, 5.41) is 7.94. The second-order valence-electron chi connectivity index (χ2n) is 4.52. The van der Waals surface area contributed by atoms with Gasteiger partial charge in [-0.3, -0.25) is 4.68 Å². The number of rotatable bonds is 5. The molecule has 6 heteroatoms. The van der Waals surface area contributed by atoms with Gasteiger partial charge in [-0.15, -0.1) is 0 Å². The van der Waals surface area contributed by atoms with Crippen LogP contribution in [0.4, 0.5) is 4.39 Å². The topological polar surface area (TPSA) is 29.9 Å². The highest BCUT2D eigenvalue weighted by Gasteiger charge is 2.25. The quantitative estimate of drug-likeness (QED) is 0.871. The van der Waals surface area contributed by atoms with Crippen molar-refractivity contribution in [3.05, 3.63) is 51.0 Å². The molecule has 2 aromatic rings. The summed E-state index contributed by atoms with van der Waals surface area (Å²) in [6.45, 7) is 2.82. The number of benzene rings is 1. The van der Waals surface area contributed by atoms with Gasteiger partial charge in [0.05, 0.1) is 22.4 Å². The zero-order valence-electron chi connectivity index (χ0n) is 11.3. The SMILES string of the molecule is CCCNC(c1c(F)cccc1Cl)c1c(Br)cnn1C. The zero-order valence-corrected chi connectivity index (χ0v) is 13.7. The lowest BCUT2D eigenvalue weighted by Gasteiger charge is -2.21. The van der Waals surface area contributed by atoms with Crippen LogP contribution in [0, 0.1) is 5.82 Å². The molecule has 1 heterocycles. The van der Waals surface area contributed by atoms with Crippen LogP contribution >= 0.6 is 27.5 Å². The molecule has 108 valence electrons. The van der Waals surface area contributed by atoms with Gasteiger partial charge >= 0.3 is 0 Å². The number of nitrogens with zero attached hydrogens (tertiary/aromatic N) is 2. The van der Waals surface area contributed by atoms with E-state index in [1.54, 1.807) is 23.0 Å². The molecule has 0 aliphatic carbocycles. The van der Waals surface area contributed by atoms with Gasteiger partial charge in [0.25, 0.3) is 0 Å². The van der Waals surface area contributed by atoms with Crippen molar-refractivity contribution in [2.75, 3.05) is 6.54 Å². The molecule has 0 aliphatic rings. The van der Waals surface area contributed by atoms with Crippen LogP contribution in [-0.4, -0.2) is 16.3 Å². The fourth-order valence-electron chi connectivity index (χ4n) is 2.16. The predicted molar refractivity (Wildman–Crippen MR) is 82.5 cm³/mol. The number of halogens is 3. The highest BCUT2D eigenvalue weighted by Crippen LogP contribution is 2.33. The van der Waals surface area contributed by atoms with Crippen molar-refractivity contribution < 1.29 is 4.39 Å². The summed E-state index contributed by atoms with van der Waals surface area (Å²) in [6.07, 6.45) is 2.64. The minimum atomic E-state index is -0.342. The van der Waals surface area contributed by atoms with E-state index in [1.165, 1.54) is 6.07 Å². The zero-order chi connectivity index (χ0) is 14.7. The number of aryl methyl sites for hydroxylation is 1. The normalized spacial score (nSPS) is 12.7. The number of hydrogen-bond donors (Lipinski definition) is 1. The fraction of sp³-hybridized carbons (Fsp3) is 0.357. The number of aromatic nitrogens is 2. The van der Waals surface area contributed by atoms with Crippen molar-refractivity contribution in [2.24, 2.45) is 7.05 Å². The molecular formula is C14H16BrClFN3. The Morgan fingerprint density at radius 2 is 2.25 bits per heavy atom. The lowest BCUT2D eigenvalue weighted by molar-refractivity contribution is 0.519. The first-order chi connectivity index (χ1) is 9.56. The lowest BCUT2D eigenvalue weighted by atomic mass is 10.0. The number of nitrogens with one attached hydrogen (secondary N) is 1. The van der Waals surface area contributed by atoms with E-state index in [9.17, 15) is 4.39 Å². The average Bonchev–Trinajstić information content (AvgIpc) is 2.73. The Labute approximate surface area is 131 Å². The molecule has 0 bridgehead atoms.